The molecule has 0 unspecified atom stereocenters. The molecule has 1 aliphatic heterocycles. The molecule has 8 heteroatoms. The standard InChI is InChI=1S/C18H14BrN3O4/c19-13-8-11(9-14-17(24)22-18(25)21-14)6-7-15(13)26-10-16(23)20-12-4-2-1-3-5-12/h1-9H,10H2,(H,20,23)(H2,21,22,24,25)/b14-9+. The van der Waals surface area contributed by atoms with Gasteiger partial charge in [-0.2, -0.15) is 0 Å². The number of benzene rings is 2. The second-order valence-corrected chi connectivity index (χ2v) is 6.21. The zero-order chi connectivity index (χ0) is 18.5. The van der Waals surface area contributed by atoms with Crippen LogP contribution in [0.2, 0.25) is 0 Å². The SMILES string of the molecule is O=C(COc1ccc(/C=C2/NC(=O)NC2=O)cc1Br)Nc1ccccc1. The number of amides is 4. The first kappa shape index (κ1) is 17.7. The molecule has 0 radical (unpaired) electrons. The minimum Gasteiger partial charge on any atom is -0.483 e. The summed E-state index contributed by atoms with van der Waals surface area (Å²) < 4.78 is 6.12. The molecule has 1 fully saturated rings. The Morgan fingerprint density at radius 2 is 1.88 bits per heavy atom. The Morgan fingerprint density at radius 1 is 1.12 bits per heavy atom. The smallest absolute Gasteiger partial charge is 0.326 e. The maximum absolute atomic E-state index is 11.9. The van der Waals surface area contributed by atoms with E-state index >= 15 is 0 Å². The van der Waals surface area contributed by atoms with E-state index < -0.39 is 11.9 Å². The molecule has 4 amide bonds. The van der Waals surface area contributed by atoms with Crippen molar-refractivity contribution in [3.63, 3.8) is 0 Å². The van der Waals surface area contributed by atoms with Crippen LogP contribution in [-0.4, -0.2) is 24.5 Å². The summed E-state index contributed by atoms with van der Waals surface area (Å²) in [5.74, 6) is -0.279. The zero-order valence-corrected chi connectivity index (χ0v) is 15.0. The monoisotopic (exact) mass is 415 g/mol. The quantitative estimate of drug-likeness (QED) is 0.516. The molecule has 0 aliphatic carbocycles. The molecule has 26 heavy (non-hydrogen) atoms. The Hall–Kier alpha value is -3.13. The third-order valence-corrected chi connectivity index (χ3v) is 4.02. The van der Waals surface area contributed by atoms with Gasteiger partial charge in [-0.1, -0.05) is 24.3 Å². The fourth-order valence-corrected chi connectivity index (χ4v) is 2.75. The Kier molecular flexibility index (Phi) is 5.33. The molecule has 7 nitrogen and oxygen atoms in total. The number of imide groups is 1. The minimum absolute atomic E-state index is 0.146. The van der Waals surface area contributed by atoms with E-state index in [1.807, 2.05) is 18.2 Å². The van der Waals surface area contributed by atoms with E-state index in [0.717, 1.165) is 0 Å². The van der Waals surface area contributed by atoms with Crippen LogP contribution in [0.5, 0.6) is 5.75 Å². The van der Waals surface area contributed by atoms with Gasteiger partial charge in [0, 0.05) is 5.69 Å². The van der Waals surface area contributed by atoms with Crippen molar-refractivity contribution in [1.82, 2.24) is 10.6 Å². The number of ether oxygens (including phenoxy) is 1. The number of nitrogens with one attached hydrogen (secondary N) is 3. The maximum atomic E-state index is 11.9. The number of rotatable bonds is 5. The van der Waals surface area contributed by atoms with Gasteiger partial charge in [-0.25, -0.2) is 4.79 Å². The first-order valence-electron chi connectivity index (χ1n) is 7.62. The minimum atomic E-state index is -0.551. The van der Waals surface area contributed by atoms with Gasteiger partial charge in [-0.05, 0) is 51.8 Å². The van der Waals surface area contributed by atoms with Crippen molar-refractivity contribution in [1.29, 1.82) is 0 Å². The molecule has 3 rings (SSSR count). The molecule has 2 aromatic carbocycles. The third-order valence-electron chi connectivity index (χ3n) is 3.40. The molecule has 1 heterocycles. The summed E-state index contributed by atoms with van der Waals surface area (Å²) in [6.07, 6.45) is 1.54. The van der Waals surface area contributed by atoms with Gasteiger partial charge in [0.25, 0.3) is 11.8 Å². The van der Waals surface area contributed by atoms with Crippen LogP contribution in [0, 0.1) is 0 Å². The number of carbonyl (C=O) groups is 3. The molecule has 2 aromatic rings. The predicted octanol–water partition coefficient (Wildman–Crippen LogP) is 2.65. The van der Waals surface area contributed by atoms with E-state index in [1.165, 1.54) is 6.08 Å². The molecule has 0 atom stereocenters. The van der Waals surface area contributed by atoms with Gasteiger partial charge in [-0.3, -0.25) is 14.9 Å². The van der Waals surface area contributed by atoms with Crippen LogP contribution in [0.25, 0.3) is 6.08 Å². The average molecular weight is 416 g/mol. The van der Waals surface area contributed by atoms with Crippen LogP contribution in [-0.2, 0) is 9.59 Å². The van der Waals surface area contributed by atoms with Gasteiger partial charge >= 0.3 is 6.03 Å². The largest absolute Gasteiger partial charge is 0.483 e. The lowest BCUT2D eigenvalue weighted by atomic mass is 10.2. The van der Waals surface area contributed by atoms with Crippen LogP contribution in [0.3, 0.4) is 0 Å². The van der Waals surface area contributed by atoms with E-state index in [-0.39, 0.29) is 18.2 Å². The lowest BCUT2D eigenvalue weighted by Crippen LogP contribution is -2.22. The van der Waals surface area contributed by atoms with Crippen LogP contribution in [0.1, 0.15) is 5.56 Å². The second kappa shape index (κ2) is 7.83. The predicted molar refractivity (Wildman–Crippen MR) is 99.4 cm³/mol. The van der Waals surface area contributed by atoms with E-state index in [9.17, 15) is 14.4 Å². The molecule has 3 N–H and O–H groups in total. The lowest BCUT2D eigenvalue weighted by molar-refractivity contribution is -0.118. The normalized spacial score (nSPS) is 14.7. The van der Waals surface area contributed by atoms with Crippen LogP contribution < -0.4 is 20.7 Å². The highest BCUT2D eigenvalue weighted by atomic mass is 79.9. The number of urea groups is 1. The van der Waals surface area contributed by atoms with Crippen molar-refractivity contribution in [2.24, 2.45) is 0 Å². The topological polar surface area (TPSA) is 96.5 Å². The van der Waals surface area contributed by atoms with E-state index in [0.29, 0.717) is 21.5 Å². The number of para-hydroxylation sites is 1. The highest BCUT2D eigenvalue weighted by Crippen LogP contribution is 2.27. The first-order chi connectivity index (χ1) is 12.5. The Morgan fingerprint density at radius 3 is 2.54 bits per heavy atom. The Labute approximate surface area is 157 Å². The van der Waals surface area contributed by atoms with Crippen molar-refractivity contribution < 1.29 is 19.1 Å². The third kappa shape index (κ3) is 4.48. The van der Waals surface area contributed by atoms with Crippen molar-refractivity contribution in [2.45, 2.75) is 0 Å². The Bertz CT molecular complexity index is 897. The first-order valence-corrected chi connectivity index (χ1v) is 8.42. The van der Waals surface area contributed by atoms with Crippen molar-refractivity contribution in [3.8, 4) is 5.75 Å². The summed E-state index contributed by atoms with van der Waals surface area (Å²) in [6.45, 7) is -0.146. The van der Waals surface area contributed by atoms with Crippen molar-refractivity contribution in [3.05, 3.63) is 64.3 Å². The zero-order valence-electron chi connectivity index (χ0n) is 13.4. The highest BCUT2D eigenvalue weighted by Gasteiger charge is 2.22. The molecular formula is C18H14BrN3O4. The second-order valence-electron chi connectivity index (χ2n) is 5.36. The fourth-order valence-electron chi connectivity index (χ4n) is 2.23. The van der Waals surface area contributed by atoms with E-state index in [1.54, 1.807) is 30.3 Å². The fraction of sp³-hybridized carbons (Fsp3) is 0.0556. The van der Waals surface area contributed by atoms with Crippen LogP contribution in [0.4, 0.5) is 10.5 Å². The van der Waals surface area contributed by atoms with Gasteiger partial charge in [0.2, 0.25) is 0 Å². The van der Waals surface area contributed by atoms with Gasteiger partial charge in [0.05, 0.1) is 4.47 Å². The highest BCUT2D eigenvalue weighted by molar-refractivity contribution is 9.10. The van der Waals surface area contributed by atoms with Crippen molar-refractivity contribution in [2.75, 3.05) is 11.9 Å². The molecule has 0 aromatic heterocycles. The summed E-state index contributed by atoms with van der Waals surface area (Å²) >= 11 is 3.37. The maximum Gasteiger partial charge on any atom is 0.326 e. The molecule has 0 spiro atoms. The van der Waals surface area contributed by atoms with Crippen LogP contribution in [0.15, 0.2) is 58.7 Å². The molecule has 1 saturated heterocycles. The van der Waals surface area contributed by atoms with E-state index in [4.69, 9.17) is 4.74 Å². The number of hydrogen-bond donors (Lipinski definition) is 3. The molecular weight excluding hydrogens is 402 g/mol. The summed E-state index contributed by atoms with van der Waals surface area (Å²) in [6, 6.07) is 13.6. The summed E-state index contributed by atoms with van der Waals surface area (Å²) in [7, 11) is 0. The Balaban J connectivity index is 1.61. The molecule has 1 aliphatic rings. The van der Waals surface area contributed by atoms with Crippen molar-refractivity contribution >= 4 is 45.5 Å². The lowest BCUT2D eigenvalue weighted by Gasteiger charge is -2.09. The average Bonchev–Trinajstić information content (AvgIpc) is 2.92. The van der Waals surface area contributed by atoms with Gasteiger partial charge in [0.1, 0.15) is 11.4 Å². The molecule has 132 valence electrons. The van der Waals surface area contributed by atoms with Gasteiger partial charge in [-0.15, -0.1) is 0 Å². The molecule has 0 saturated carbocycles. The van der Waals surface area contributed by atoms with Crippen LogP contribution >= 0.6 is 15.9 Å². The summed E-state index contributed by atoms with van der Waals surface area (Å²) in [5.41, 5.74) is 1.54. The number of carbonyl (C=O) groups excluding carboxylic acids is 3. The molecule has 0 bridgehead atoms. The number of halogens is 1. The number of hydrogen-bond acceptors (Lipinski definition) is 4. The van der Waals surface area contributed by atoms with E-state index in [2.05, 4.69) is 31.9 Å². The van der Waals surface area contributed by atoms with Gasteiger partial charge in [0.15, 0.2) is 6.61 Å². The summed E-state index contributed by atoms with van der Waals surface area (Å²) in [5, 5.41) is 7.27. The summed E-state index contributed by atoms with van der Waals surface area (Å²) in [4.78, 5) is 34.5. The number of anilines is 1. The van der Waals surface area contributed by atoms with Gasteiger partial charge < -0.3 is 15.4 Å².